The molecule has 0 heterocycles. The molecule has 0 bridgehead atoms. The number of hydrogen-bond donors (Lipinski definition) is 2. The Morgan fingerprint density at radius 3 is 2.22 bits per heavy atom. The summed E-state index contributed by atoms with van der Waals surface area (Å²) in [6.45, 7) is 4.90. The maximum absolute atomic E-state index is 12.1. The lowest BCUT2D eigenvalue weighted by Crippen LogP contribution is -2.31. The molecule has 27 heavy (non-hydrogen) atoms. The summed E-state index contributed by atoms with van der Waals surface area (Å²) in [5.74, 6) is 0.326. The van der Waals surface area contributed by atoms with Crippen molar-refractivity contribution in [2.45, 2.75) is 37.5 Å². The number of sulfonamides is 1. The van der Waals surface area contributed by atoms with E-state index in [4.69, 9.17) is 0 Å². The molecule has 0 aromatic heterocycles. The van der Waals surface area contributed by atoms with E-state index in [0.29, 0.717) is 12.5 Å². The normalized spacial score (nSPS) is 11.6. The zero-order valence-corrected chi connectivity index (χ0v) is 17.9. The Labute approximate surface area is 169 Å². The van der Waals surface area contributed by atoms with Crippen molar-refractivity contribution < 1.29 is 13.2 Å². The van der Waals surface area contributed by atoms with Gasteiger partial charge in [-0.15, -0.1) is 0 Å². The molecule has 0 unspecified atom stereocenters. The Morgan fingerprint density at radius 2 is 1.63 bits per heavy atom. The van der Waals surface area contributed by atoms with E-state index in [9.17, 15) is 13.2 Å². The predicted molar refractivity (Wildman–Crippen MR) is 111 cm³/mol. The molecule has 0 aliphatic heterocycles. The number of amides is 1. The highest BCUT2D eigenvalue weighted by atomic mass is 79.9. The van der Waals surface area contributed by atoms with Crippen LogP contribution in [0.2, 0.25) is 0 Å². The van der Waals surface area contributed by atoms with Crippen LogP contribution >= 0.6 is 15.9 Å². The lowest BCUT2D eigenvalue weighted by atomic mass is 10.0. The van der Waals surface area contributed by atoms with Gasteiger partial charge in [-0.25, -0.2) is 13.1 Å². The molecule has 0 fully saturated rings. The van der Waals surface area contributed by atoms with Gasteiger partial charge in [0.1, 0.15) is 0 Å². The van der Waals surface area contributed by atoms with E-state index in [1.54, 1.807) is 12.1 Å². The first-order valence-electron chi connectivity index (χ1n) is 8.89. The van der Waals surface area contributed by atoms with E-state index in [2.05, 4.69) is 64.1 Å². The molecule has 0 saturated carbocycles. The zero-order chi connectivity index (χ0) is 19.9. The summed E-state index contributed by atoms with van der Waals surface area (Å²) in [6, 6.07) is 14.7. The lowest BCUT2D eigenvalue weighted by molar-refractivity contribution is -0.120. The van der Waals surface area contributed by atoms with Crippen molar-refractivity contribution in [3.8, 4) is 0 Å². The van der Waals surface area contributed by atoms with Crippen LogP contribution < -0.4 is 10.0 Å². The quantitative estimate of drug-likeness (QED) is 0.609. The van der Waals surface area contributed by atoms with Gasteiger partial charge < -0.3 is 5.32 Å². The summed E-state index contributed by atoms with van der Waals surface area (Å²) in [6.07, 6.45) is 0.844. The monoisotopic (exact) mass is 452 g/mol. The van der Waals surface area contributed by atoms with Crippen LogP contribution in [0.5, 0.6) is 0 Å². The molecule has 2 rings (SSSR count). The molecule has 0 saturated heterocycles. The molecule has 146 valence electrons. The van der Waals surface area contributed by atoms with E-state index >= 15 is 0 Å². The number of rotatable bonds is 9. The van der Waals surface area contributed by atoms with Gasteiger partial charge in [-0.3, -0.25) is 4.79 Å². The summed E-state index contributed by atoms with van der Waals surface area (Å²) in [5, 5.41) is 2.82. The maximum atomic E-state index is 12.1. The first-order chi connectivity index (χ1) is 12.8. The third kappa shape index (κ3) is 7.08. The standard InChI is InChI=1S/C20H25BrN2O3S/c1-15(2)17-5-3-16(4-6-17)11-13-22-20(24)12-14-23-27(25,26)19-9-7-18(21)8-10-19/h3-10,15,23H,11-14H2,1-2H3,(H,22,24). The number of carbonyl (C=O) groups is 1. The number of halogens is 1. The first-order valence-corrected chi connectivity index (χ1v) is 11.2. The molecule has 2 N–H and O–H groups in total. The highest BCUT2D eigenvalue weighted by molar-refractivity contribution is 9.10. The summed E-state index contributed by atoms with van der Waals surface area (Å²) in [4.78, 5) is 12.1. The Bertz CT molecular complexity index is 848. The van der Waals surface area contributed by atoms with Crippen LogP contribution in [0.1, 0.15) is 37.3 Å². The number of nitrogens with one attached hydrogen (secondary N) is 2. The molecule has 0 atom stereocenters. The second-order valence-corrected chi connectivity index (χ2v) is 9.28. The van der Waals surface area contributed by atoms with Gasteiger partial charge in [-0.2, -0.15) is 0 Å². The molecular weight excluding hydrogens is 428 g/mol. The van der Waals surface area contributed by atoms with Gasteiger partial charge in [0.05, 0.1) is 4.90 Å². The highest BCUT2D eigenvalue weighted by Crippen LogP contribution is 2.15. The summed E-state index contributed by atoms with van der Waals surface area (Å²) >= 11 is 3.27. The topological polar surface area (TPSA) is 75.3 Å². The smallest absolute Gasteiger partial charge is 0.240 e. The third-order valence-electron chi connectivity index (χ3n) is 4.15. The fourth-order valence-electron chi connectivity index (χ4n) is 2.50. The van der Waals surface area contributed by atoms with Gasteiger partial charge in [-0.1, -0.05) is 54.0 Å². The third-order valence-corrected chi connectivity index (χ3v) is 6.16. The van der Waals surface area contributed by atoms with E-state index in [1.807, 2.05) is 0 Å². The molecule has 7 heteroatoms. The van der Waals surface area contributed by atoms with Gasteiger partial charge in [0.25, 0.3) is 0 Å². The van der Waals surface area contributed by atoms with Crippen molar-refractivity contribution in [1.82, 2.24) is 10.0 Å². The molecular formula is C20H25BrN2O3S. The van der Waals surface area contributed by atoms with Crippen LogP contribution in [-0.4, -0.2) is 27.4 Å². The van der Waals surface area contributed by atoms with Crippen LogP contribution in [-0.2, 0) is 21.2 Å². The fraction of sp³-hybridized carbons (Fsp3) is 0.350. The molecule has 0 aliphatic carbocycles. The Kier molecular flexibility index (Phi) is 8.01. The van der Waals surface area contributed by atoms with Gasteiger partial charge in [-0.05, 0) is 47.7 Å². The fourth-order valence-corrected chi connectivity index (χ4v) is 3.80. The van der Waals surface area contributed by atoms with Crippen LogP contribution in [0.4, 0.5) is 0 Å². The van der Waals surface area contributed by atoms with Gasteiger partial charge in [0.15, 0.2) is 0 Å². The van der Waals surface area contributed by atoms with Crippen LogP contribution in [0, 0.1) is 0 Å². The largest absolute Gasteiger partial charge is 0.356 e. The summed E-state index contributed by atoms with van der Waals surface area (Å²) in [5.41, 5.74) is 2.46. The van der Waals surface area contributed by atoms with E-state index in [-0.39, 0.29) is 23.8 Å². The molecule has 2 aromatic rings. The van der Waals surface area contributed by atoms with Crippen LogP contribution in [0.15, 0.2) is 57.9 Å². The van der Waals surface area contributed by atoms with Crippen molar-refractivity contribution in [1.29, 1.82) is 0 Å². The van der Waals surface area contributed by atoms with E-state index in [0.717, 1.165) is 16.5 Å². The van der Waals surface area contributed by atoms with Crippen molar-refractivity contribution in [3.63, 3.8) is 0 Å². The first kappa shape index (κ1) is 21.6. The molecule has 1 amide bonds. The Morgan fingerprint density at radius 1 is 1.00 bits per heavy atom. The highest BCUT2D eigenvalue weighted by Gasteiger charge is 2.13. The number of carbonyl (C=O) groups excluding carboxylic acids is 1. The number of benzene rings is 2. The maximum Gasteiger partial charge on any atom is 0.240 e. The minimum Gasteiger partial charge on any atom is -0.356 e. The Balaban J connectivity index is 1.70. The van der Waals surface area contributed by atoms with E-state index < -0.39 is 10.0 Å². The van der Waals surface area contributed by atoms with Gasteiger partial charge >= 0.3 is 0 Å². The summed E-state index contributed by atoms with van der Waals surface area (Å²) < 4.78 is 27.5. The van der Waals surface area contributed by atoms with Crippen molar-refractivity contribution in [3.05, 3.63) is 64.1 Å². The Hall–Kier alpha value is -1.70. The molecule has 5 nitrogen and oxygen atoms in total. The molecule has 0 spiro atoms. The molecule has 2 aromatic carbocycles. The minimum atomic E-state index is -3.60. The van der Waals surface area contributed by atoms with Crippen LogP contribution in [0.3, 0.4) is 0 Å². The summed E-state index contributed by atoms with van der Waals surface area (Å²) in [7, 11) is -3.60. The average Bonchev–Trinajstić information content (AvgIpc) is 2.62. The second-order valence-electron chi connectivity index (χ2n) is 6.60. The average molecular weight is 453 g/mol. The molecule has 0 radical (unpaired) electrons. The minimum absolute atomic E-state index is 0.0628. The van der Waals surface area contributed by atoms with Crippen LogP contribution in [0.25, 0.3) is 0 Å². The van der Waals surface area contributed by atoms with Crippen molar-refractivity contribution in [2.75, 3.05) is 13.1 Å². The lowest BCUT2D eigenvalue weighted by Gasteiger charge is -2.09. The van der Waals surface area contributed by atoms with Crippen molar-refractivity contribution >= 4 is 31.9 Å². The van der Waals surface area contributed by atoms with E-state index in [1.165, 1.54) is 17.7 Å². The van der Waals surface area contributed by atoms with Gasteiger partial charge in [0.2, 0.25) is 15.9 Å². The van der Waals surface area contributed by atoms with Crippen molar-refractivity contribution in [2.24, 2.45) is 0 Å². The predicted octanol–water partition coefficient (Wildman–Crippen LogP) is 3.60. The van der Waals surface area contributed by atoms with Gasteiger partial charge in [0, 0.05) is 24.0 Å². The second kappa shape index (κ2) is 10.0. The zero-order valence-electron chi connectivity index (χ0n) is 15.5. The SMILES string of the molecule is CC(C)c1ccc(CCNC(=O)CCNS(=O)(=O)c2ccc(Br)cc2)cc1. The molecule has 0 aliphatic rings. The number of hydrogen-bond acceptors (Lipinski definition) is 3.